The van der Waals surface area contributed by atoms with Gasteiger partial charge in [0.2, 0.25) is 0 Å². The number of aryl methyl sites for hydroxylation is 1. The molecule has 0 spiro atoms. The van der Waals surface area contributed by atoms with Gasteiger partial charge in [-0.25, -0.2) is 8.42 Å². The summed E-state index contributed by atoms with van der Waals surface area (Å²) in [6.07, 6.45) is 1.50. The molecule has 1 aromatic heterocycles. The standard InChI is InChI=1S/C11H15NO5S/c1-9(11(14)15)8-18(16,17)7-6-12-5-3-2-4-10(12)13/h2-5,9H,6-8H2,1H3,(H,14,15). The molecule has 0 saturated heterocycles. The van der Waals surface area contributed by atoms with Crippen LogP contribution in [0.5, 0.6) is 0 Å². The van der Waals surface area contributed by atoms with Crippen molar-refractivity contribution in [3.05, 3.63) is 34.7 Å². The van der Waals surface area contributed by atoms with E-state index in [0.29, 0.717) is 0 Å². The Morgan fingerprint density at radius 3 is 2.67 bits per heavy atom. The molecule has 0 aliphatic rings. The second-order valence-corrected chi connectivity index (χ2v) is 6.31. The molecule has 0 radical (unpaired) electrons. The first kappa shape index (κ1) is 14.4. The lowest BCUT2D eigenvalue weighted by molar-refractivity contribution is -0.140. The van der Waals surface area contributed by atoms with Gasteiger partial charge in [0.1, 0.15) is 0 Å². The van der Waals surface area contributed by atoms with Gasteiger partial charge in [0.25, 0.3) is 5.56 Å². The van der Waals surface area contributed by atoms with Gasteiger partial charge >= 0.3 is 5.97 Å². The number of aliphatic carboxylic acids is 1. The van der Waals surface area contributed by atoms with E-state index in [1.165, 1.54) is 23.8 Å². The van der Waals surface area contributed by atoms with Crippen LogP contribution in [0.1, 0.15) is 6.92 Å². The highest BCUT2D eigenvalue weighted by molar-refractivity contribution is 7.91. The molecule has 1 rings (SSSR count). The SMILES string of the molecule is CC(CS(=O)(=O)CCn1ccccc1=O)C(=O)O. The lowest BCUT2D eigenvalue weighted by Crippen LogP contribution is -2.27. The fourth-order valence-corrected chi connectivity index (χ4v) is 2.96. The van der Waals surface area contributed by atoms with Gasteiger partial charge in [0.15, 0.2) is 9.84 Å². The Bertz CT molecular complexity index is 575. The van der Waals surface area contributed by atoms with Crippen molar-refractivity contribution in [2.75, 3.05) is 11.5 Å². The average molecular weight is 273 g/mol. The first-order chi connectivity index (χ1) is 8.32. The Morgan fingerprint density at radius 1 is 1.44 bits per heavy atom. The molecule has 0 fully saturated rings. The number of rotatable bonds is 6. The summed E-state index contributed by atoms with van der Waals surface area (Å²) >= 11 is 0. The van der Waals surface area contributed by atoms with Crippen molar-refractivity contribution in [3.8, 4) is 0 Å². The lowest BCUT2D eigenvalue weighted by atomic mass is 10.2. The van der Waals surface area contributed by atoms with Gasteiger partial charge in [-0.05, 0) is 6.07 Å². The first-order valence-corrected chi connectivity index (χ1v) is 7.22. The molecule has 1 N–H and O–H groups in total. The number of hydrogen-bond donors (Lipinski definition) is 1. The van der Waals surface area contributed by atoms with Crippen LogP contribution < -0.4 is 5.56 Å². The predicted octanol–water partition coefficient (Wildman–Crippen LogP) is -0.0162. The van der Waals surface area contributed by atoms with Crippen molar-refractivity contribution in [3.63, 3.8) is 0 Å². The third kappa shape index (κ3) is 4.33. The lowest BCUT2D eigenvalue weighted by Gasteiger charge is -2.08. The fraction of sp³-hybridized carbons (Fsp3) is 0.455. The van der Waals surface area contributed by atoms with Gasteiger partial charge in [0, 0.05) is 18.8 Å². The summed E-state index contributed by atoms with van der Waals surface area (Å²) in [5.41, 5.74) is -0.279. The quantitative estimate of drug-likeness (QED) is 0.786. The Hall–Kier alpha value is -1.63. The van der Waals surface area contributed by atoms with Gasteiger partial charge in [-0.1, -0.05) is 13.0 Å². The highest BCUT2D eigenvalue weighted by Crippen LogP contribution is 2.03. The Balaban J connectivity index is 2.66. The molecule has 1 atom stereocenters. The number of hydrogen-bond acceptors (Lipinski definition) is 4. The van der Waals surface area contributed by atoms with Crippen LogP contribution in [0.3, 0.4) is 0 Å². The van der Waals surface area contributed by atoms with E-state index in [-0.39, 0.29) is 17.9 Å². The van der Waals surface area contributed by atoms with Gasteiger partial charge in [0.05, 0.1) is 17.4 Å². The molecule has 18 heavy (non-hydrogen) atoms. The van der Waals surface area contributed by atoms with Crippen LogP contribution in [0.25, 0.3) is 0 Å². The Morgan fingerprint density at radius 2 is 2.11 bits per heavy atom. The topological polar surface area (TPSA) is 93.4 Å². The predicted molar refractivity (Wildman–Crippen MR) is 66.2 cm³/mol. The summed E-state index contributed by atoms with van der Waals surface area (Å²) in [5, 5.41) is 8.66. The van der Waals surface area contributed by atoms with Gasteiger partial charge in [-0.3, -0.25) is 9.59 Å². The highest BCUT2D eigenvalue weighted by atomic mass is 32.2. The maximum absolute atomic E-state index is 11.7. The zero-order valence-electron chi connectivity index (χ0n) is 9.94. The number of carboxylic acid groups (broad SMARTS) is 1. The van der Waals surface area contributed by atoms with Crippen LogP contribution in [0.15, 0.2) is 29.2 Å². The van der Waals surface area contributed by atoms with Crippen LogP contribution in [0.4, 0.5) is 0 Å². The third-order valence-electron chi connectivity index (χ3n) is 2.47. The molecule has 0 aliphatic carbocycles. The summed E-state index contributed by atoms with van der Waals surface area (Å²) in [5.74, 6) is -2.74. The van der Waals surface area contributed by atoms with E-state index in [9.17, 15) is 18.0 Å². The zero-order chi connectivity index (χ0) is 13.8. The van der Waals surface area contributed by atoms with E-state index in [1.807, 2.05) is 0 Å². The number of carbonyl (C=O) groups is 1. The molecule has 6 nitrogen and oxygen atoms in total. The summed E-state index contributed by atoms with van der Waals surface area (Å²) in [7, 11) is -3.48. The van der Waals surface area contributed by atoms with E-state index >= 15 is 0 Å². The van der Waals surface area contributed by atoms with Crippen molar-refractivity contribution in [1.82, 2.24) is 4.57 Å². The van der Waals surface area contributed by atoms with Crippen molar-refractivity contribution in [2.45, 2.75) is 13.5 Å². The van der Waals surface area contributed by atoms with E-state index in [4.69, 9.17) is 5.11 Å². The van der Waals surface area contributed by atoms with E-state index in [1.54, 1.807) is 12.1 Å². The molecular formula is C11H15NO5S. The summed E-state index contributed by atoms with van der Waals surface area (Å²) in [6.45, 7) is 1.38. The van der Waals surface area contributed by atoms with Gasteiger partial charge in [-0.15, -0.1) is 0 Å². The summed E-state index contributed by atoms with van der Waals surface area (Å²) < 4.78 is 24.6. The fourth-order valence-electron chi connectivity index (χ4n) is 1.42. The van der Waals surface area contributed by atoms with E-state index in [0.717, 1.165) is 0 Å². The largest absolute Gasteiger partial charge is 0.481 e. The van der Waals surface area contributed by atoms with Crippen molar-refractivity contribution >= 4 is 15.8 Å². The summed E-state index contributed by atoms with van der Waals surface area (Å²) in [4.78, 5) is 21.9. The van der Waals surface area contributed by atoms with E-state index < -0.39 is 27.5 Å². The van der Waals surface area contributed by atoms with Crippen LogP contribution >= 0.6 is 0 Å². The van der Waals surface area contributed by atoms with Crippen LogP contribution in [-0.2, 0) is 21.2 Å². The third-order valence-corrected chi connectivity index (χ3v) is 4.28. The normalized spacial score (nSPS) is 13.2. The summed E-state index contributed by atoms with van der Waals surface area (Å²) in [6, 6.07) is 4.54. The van der Waals surface area contributed by atoms with Gasteiger partial charge in [-0.2, -0.15) is 0 Å². The molecule has 0 aliphatic heterocycles. The van der Waals surface area contributed by atoms with Crippen LogP contribution in [0.2, 0.25) is 0 Å². The molecule has 0 bridgehead atoms. The number of pyridine rings is 1. The number of carboxylic acids is 1. The molecule has 0 amide bonds. The molecule has 0 aromatic carbocycles. The van der Waals surface area contributed by atoms with Crippen LogP contribution in [0, 0.1) is 5.92 Å². The minimum Gasteiger partial charge on any atom is -0.481 e. The highest BCUT2D eigenvalue weighted by Gasteiger charge is 2.20. The first-order valence-electron chi connectivity index (χ1n) is 5.40. The monoisotopic (exact) mass is 273 g/mol. The minimum absolute atomic E-state index is 0.0361. The second-order valence-electron chi connectivity index (χ2n) is 4.09. The number of sulfone groups is 1. The van der Waals surface area contributed by atoms with Crippen molar-refractivity contribution in [1.29, 1.82) is 0 Å². The Kier molecular flexibility index (Phi) is 4.66. The average Bonchev–Trinajstić information content (AvgIpc) is 2.27. The van der Waals surface area contributed by atoms with Crippen molar-refractivity contribution < 1.29 is 18.3 Å². The smallest absolute Gasteiger partial charge is 0.307 e. The molecule has 1 heterocycles. The molecule has 0 saturated carbocycles. The molecular weight excluding hydrogens is 258 g/mol. The maximum atomic E-state index is 11.7. The number of aromatic nitrogens is 1. The van der Waals surface area contributed by atoms with E-state index in [2.05, 4.69) is 0 Å². The van der Waals surface area contributed by atoms with Crippen molar-refractivity contribution in [2.24, 2.45) is 5.92 Å². The zero-order valence-corrected chi connectivity index (χ0v) is 10.8. The molecule has 1 aromatic rings. The van der Waals surface area contributed by atoms with Crippen LogP contribution in [-0.4, -0.2) is 35.6 Å². The molecule has 1 unspecified atom stereocenters. The maximum Gasteiger partial charge on any atom is 0.307 e. The molecule has 100 valence electrons. The second kappa shape index (κ2) is 5.81. The minimum atomic E-state index is -3.48. The van der Waals surface area contributed by atoms with Gasteiger partial charge < -0.3 is 9.67 Å². The Labute approximate surface area is 105 Å². The molecule has 7 heteroatoms. The number of nitrogens with zero attached hydrogens (tertiary/aromatic N) is 1.